The summed E-state index contributed by atoms with van der Waals surface area (Å²) in [6.07, 6.45) is 3.10. The number of aromatic nitrogens is 2. The second-order valence-electron chi connectivity index (χ2n) is 2.99. The van der Waals surface area contributed by atoms with Crippen LogP contribution in [0.15, 0.2) is 18.3 Å². The van der Waals surface area contributed by atoms with Gasteiger partial charge < -0.3 is 11.1 Å². The summed E-state index contributed by atoms with van der Waals surface area (Å²) in [6.45, 7) is 1.98. The molecule has 3 N–H and O–H groups in total. The Balaban J connectivity index is 2.49. The van der Waals surface area contributed by atoms with E-state index in [9.17, 15) is 4.79 Å². The zero-order valence-electron chi connectivity index (χ0n) is 8.10. The number of carbonyl (C=O) groups is 1. The molecule has 1 rings (SSSR count). The van der Waals surface area contributed by atoms with Crippen molar-refractivity contribution in [3.05, 3.63) is 18.3 Å². The number of hydrogen-bond acceptors (Lipinski definition) is 4. The zero-order valence-corrected chi connectivity index (χ0v) is 8.10. The number of hydrogen-bond donors (Lipinski definition) is 2. The van der Waals surface area contributed by atoms with E-state index in [1.807, 2.05) is 6.92 Å². The number of amides is 1. The quantitative estimate of drug-likeness (QED) is 0.733. The van der Waals surface area contributed by atoms with Gasteiger partial charge in [-0.25, -0.2) is 0 Å². The lowest BCUT2D eigenvalue weighted by atomic mass is 10.2. The number of nitrogens with two attached hydrogens (primary N) is 1. The van der Waals surface area contributed by atoms with Crippen LogP contribution in [0.2, 0.25) is 0 Å². The fourth-order valence-corrected chi connectivity index (χ4v) is 1.03. The molecule has 5 nitrogen and oxygen atoms in total. The van der Waals surface area contributed by atoms with Gasteiger partial charge in [-0.3, -0.25) is 4.79 Å². The zero-order chi connectivity index (χ0) is 10.4. The van der Waals surface area contributed by atoms with Gasteiger partial charge in [0.2, 0.25) is 5.91 Å². The Bertz CT molecular complexity index is 288. The summed E-state index contributed by atoms with van der Waals surface area (Å²) in [7, 11) is 0. The van der Waals surface area contributed by atoms with E-state index in [-0.39, 0.29) is 5.91 Å². The fourth-order valence-electron chi connectivity index (χ4n) is 1.03. The molecule has 76 valence electrons. The van der Waals surface area contributed by atoms with Crippen LogP contribution in [0.5, 0.6) is 0 Å². The number of nitrogens with one attached hydrogen (secondary N) is 1. The third kappa shape index (κ3) is 3.10. The van der Waals surface area contributed by atoms with Crippen molar-refractivity contribution in [2.75, 3.05) is 5.32 Å². The minimum Gasteiger partial charge on any atom is -0.320 e. The summed E-state index contributed by atoms with van der Waals surface area (Å²) in [4.78, 5) is 11.4. The Labute approximate surface area is 82.7 Å². The molecule has 0 bridgehead atoms. The van der Waals surface area contributed by atoms with Gasteiger partial charge in [-0.1, -0.05) is 13.3 Å². The van der Waals surface area contributed by atoms with Gasteiger partial charge in [0.15, 0.2) is 5.82 Å². The molecule has 1 atom stereocenters. The monoisotopic (exact) mass is 194 g/mol. The van der Waals surface area contributed by atoms with Crippen molar-refractivity contribution in [1.29, 1.82) is 0 Å². The first kappa shape index (κ1) is 10.6. The topological polar surface area (TPSA) is 80.9 Å². The van der Waals surface area contributed by atoms with Crippen LogP contribution in [0.3, 0.4) is 0 Å². The van der Waals surface area contributed by atoms with Crippen LogP contribution in [-0.2, 0) is 4.79 Å². The highest BCUT2D eigenvalue weighted by Crippen LogP contribution is 2.01. The summed E-state index contributed by atoms with van der Waals surface area (Å²) in [5, 5.41) is 9.95. The van der Waals surface area contributed by atoms with Crippen molar-refractivity contribution < 1.29 is 4.79 Å². The van der Waals surface area contributed by atoms with E-state index in [4.69, 9.17) is 5.73 Å². The van der Waals surface area contributed by atoms with E-state index in [0.717, 1.165) is 6.42 Å². The molecule has 0 aliphatic heterocycles. The molecule has 1 amide bonds. The first-order valence-corrected chi connectivity index (χ1v) is 4.58. The number of nitrogens with zero attached hydrogens (tertiary/aromatic N) is 2. The van der Waals surface area contributed by atoms with Gasteiger partial charge in [-0.05, 0) is 18.6 Å². The van der Waals surface area contributed by atoms with Crippen LogP contribution < -0.4 is 11.1 Å². The van der Waals surface area contributed by atoms with Crippen molar-refractivity contribution in [2.45, 2.75) is 25.8 Å². The van der Waals surface area contributed by atoms with Crippen LogP contribution in [0, 0.1) is 0 Å². The van der Waals surface area contributed by atoms with Crippen LogP contribution in [-0.4, -0.2) is 22.1 Å². The van der Waals surface area contributed by atoms with Crippen LogP contribution in [0.4, 0.5) is 5.82 Å². The third-order valence-electron chi connectivity index (χ3n) is 1.76. The van der Waals surface area contributed by atoms with Gasteiger partial charge in [0.05, 0.1) is 6.04 Å². The van der Waals surface area contributed by atoms with Crippen molar-refractivity contribution in [3.63, 3.8) is 0 Å². The SMILES string of the molecule is CCC[C@@H](N)C(=O)Nc1cccnn1. The van der Waals surface area contributed by atoms with Gasteiger partial charge in [0.25, 0.3) is 0 Å². The average Bonchev–Trinajstić information content (AvgIpc) is 2.19. The van der Waals surface area contributed by atoms with Crippen LogP contribution in [0.25, 0.3) is 0 Å². The molecule has 0 aliphatic carbocycles. The van der Waals surface area contributed by atoms with Crippen LogP contribution >= 0.6 is 0 Å². The molecular formula is C9H14N4O. The second kappa shape index (κ2) is 5.29. The Kier molecular flexibility index (Phi) is 4.00. The Morgan fingerprint density at radius 2 is 2.50 bits per heavy atom. The molecule has 0 unspecified atom stereocenters. The van der Waals surface area contributed by atoms with Crippen molar-refractivity contribution in [3.8, 4) is 0 Å². The summed E-state index contributed by atoms with van der Waals surface area (Å²) >= 11 is 0. The van der Waals surface area contributed by atoms with Crippen molar-refractivity contribution in [2.24, 2.45) is 5.73 Å². The normalized spacial score (nSPS) is 12.1. The number of carbonyl (C=O) groups excluding carboxylic acids is 1. The first-order valence-electron chi connectivity index (χ1n) is 4.58. The molecule has 0 saturated heterocycles. The smallest absolute Gasteiger partial charge is 0.242 e. The Hall–Kier alpha value is -1.49. The maximum Gasteiger partial charge on any atom is 0.242 e. The molecule has 0 aliphatic rings. The van der Waals surface area contributed by atoms with E-state index < -0.39 is 6.04 Å². The Morgan fingerprint density at radius 3 is 3.07 bits per heavy atom. The largest absolute Gasteiger partial charge is 0.320 e. The maximum absolute atomic E-state index is 11.4. The van der Waals surface area contributed by atoms with Gasteiger partial charge in [-0.15, -0.1) is 5.10 Å². The van der Waals surface area contributed by atoms with E-state index in [1.54, 1.807) is 18.3 Å². The summed E-state index contributed by atoms with van der Waals surface area (Å²) < 4.78 is 0. The van der Waals surface area contributed by atoms with E-state index in [1.165, 1.54) is 0 Å². The molecule has 5 heteroatoms. The number of anilines is 1. The van der Waals surface area contributed by atoms with E-state index >= 15 is 0 Å². The minimum atomic E-state index is -0.470. The van der Waals surface area contributed by atoms with Crippen molar-refractivity contribution >= 4 is 11.7 Å². The molecule has 14 heavy (non-hydrogen) atoms. The standard InChI is InChI=1S/C9H14N4O/c1-2-4-7(10)9(14)12-8-5-3-6-11-13-8/h3,5-7H,2,4,10H2,1H3,(H,12,13,14)/t7-/m1/s1. The lowest BCUT2D eigenvalue weighted by Crippen LogP contribution is -2.35. The maximum atomic E-state index is 11.4. The Morgan fingerprint density at radius 1 is 1.71 bits per heavy atom. The molecule has 0 aromatic carbocycles. The highest BCUT2D eigenvalue weighted by atomic mass is 16.2. The minimum absolute atomic E-state index is 0.215. The second-order valence-corrected chi connectivity index (χ2v) is 2.99. The predicted molar refractivity (Wildman–Crippen MR) is 53.5 cm³/mol. The molecule has 1 heterocycles. The first-order chi connectivity index (χ1) is 6.74. The van der Waals surface area contributed by atoms with Gasteiger partial charge >= 0.3 is 0 Å². The average molecular weight is 194 g/mol. The summed E-state index contributed by atoms with van der Waals surface area (Å²) in [6, 6.07) is 2.90. The van der Waals surface area contributed by atoms with Crippen molar-refractivity contribution in [1.82, 2.24) is 10.2 Å². The van der Waals surface area contributed by atoms with E-state index in [2.05, 4.69) is 15.5 Å². The van der Waals surface area contributed by atoms with Crippen LogP contribution in [0.1, 0.15) is 19.8 Å². The third-order valence-corrected chi connectivity index (χ3v) is 1.76. The highest BCUT2D eigenvalue weighted by Gasteiger charge is 2.12. The molecule has 0 saturated carbocycles. The molecular weight excluding hydrogens is 180 g/mol. The fraction of sp³-hybridized carbons (Fsp3) is 0.444. The van der Waals surface area contributed by atoms with Gasteiger partial charge in [-0.2, -0.15) is 5.10 Å². The summed E-state index contributed by atoms with van der Waals surface area (Å²) in [5.41, 5.74) is 5.62. The lowest BCUT2D eigenvalue weighted by molar-refractivity contribution is -0.117. The van der Waals surface area contributed by atoms with Gasteiger partial charge in [0.1, 0.15) is 0 Å². The molecule has 1 aromatic rings. The lowest BCUT2D eigenvalue weighted by Gasteiger charge is -2.09. The number of rotatable bonds is 4. The molecule has 1 aromatic heterocycles. The molecule has 0 radical (unpaired) electrons. The van der Waals surface area contributed by atoms with E-state index in [0.29, 0.717) is 12.2 Å². The summed E-state index contributed by atoms with van der Waals surface area (Å²) in [5.74, 6) is 0.219. The van der Waals surface area contributed by atoms with Gasteiger partial charge in [0, 0.05) is 6.20 Å². The molecule has 0 spiro atoms. The predicted octanol–water partition coefficient (Wildman–Crippen LogP) is 0.542. The molecule has 0 fully saturated rings. The highest BCUT2D eigenvalue weighted by molar-refractivity contribution is 5.93.